The van der Waals surface area contributed by atoms with Crippen molar-refractivity contribution >= 4 is 8.07 Å². The summed E-state index contributed by atoms with van der Waals surface area (Å²) in [5, 5.41) is 9.54. The van der Waals surface area contributed by atoms with Gasteiger partial charge in [0.05, 0.1) is 0 Å². The Balaban J connectivity index is 4.35. The Morgan fingerprint density at radius 2 is 1.83 bits per heavy atom. The maximum absolute atomic E-state index is 9.54. The molecule has 70 valence electrons. The Morgan fingerprint density at radius 1 is 1.42 bits per heavy atom. The molecule has 0 amide bonds. The molecule has 0 heterocycles. The molecule has 0 aromatic carbocycles. The van der Waals surface area contributed by atoms with Crippen molar-refractivity contribution in [3.05, 3.63) is 0 Å². The highest BCUT2D eigenvalue weighted by Gasteiger charge is 2.31. The van der Waals surface area contributed by atoms with Crippen LogP contribution in [0, 0.1) is 17.8 Å². The average molecular weight is 184 g/mol. The molecule has 0 fully saturated rings. The maximum atomic E-state index is 9.54. The first-order chi connectivity index (χ1) is 5.19. The fourth-order valence-electron chi connectivity index (χ4n) is 1.69. The highest BCUT2D eigenvalue weighted by Crippen LogP contribution is 2.31. The SMILES string of the molecule is C#CC(O)C(C)(C)C[Si](C)(C)C. The van der Waals surface area contributed by atoms with E-state index in [1.54, 1.807) is 0 Å². The first kappa shape index (κ1) is 11.7. The monoisotopic (exact) mass is 184 g/mol. The van der Waals surface area contributed by atoms with Crippen LogP contribution in [0.4, 0.5) is 0 Å². The van der Waals surface area contributed by atoms with Crippen LogP contribution in [0.5, 0.6) is 0 Å². The zero-order valence-electron chi connectivity index (χ0n) is 8.81. The lowest BCUT2D eigenvalue weighted by Gasteiger charge is -2.33. The number of terminal acetylenes is 1. The normalized spacial score (nSPS) is 15.4. The molecule has 1 unspecified atom stereocenters. The van der Waals surface area contributed by atoms with Gasteiger partial charge >= 0.3 is 0 Å². The van der Waals surface area contributed by atoms with Crippen molar-refractivity contribution < 1.29 is 5.11 Å². The number of aliphatic hydroxyl groups excluding tert-OH is 1. The molecule has 1 nitrogen and oxygen atoms in total. The van der Waals surface area contributed by atoms with Crippen LogP contribution in [-0.4, -0.2) is 19.3 Å². The van der Waals surface area contributed by atoms with Gasteiger partial charge in [-0.1, -0.05) is 39.4 Å². The molecule has 0 aliphatic carbocycles. The molecule has 0 aromatic heterocycles. The van der Waals surface area contributed by atoms with Crippen LogP contribution in [0.2, 0.25) is 25.7 Å². The number of hydrogen-bond acceptors (Lipinski definition) is 1. The number of hydrogen-bond donors (Lipinski definition) is 1. The first-order valence-electron chi connectivity index (χ1n) is 4.33. The van der Waals surface area contributed by atoms with E-state index in [1.807, 2.05) is 13.8 Å². The molecular formula is C10H20OSi. The molecule has 0 saturated heterocycles. The van der Waals surface area contributed by atoms with Gasteiger partial charge in [-0.15, -0.1) is 6.42 Å². The highest BCUT2D eigenvalue weighted by atomic mass is 28.3. The minimum absolute atomic E-state index is 0.126. The van der Waals surface area contributed by atoms with Crippen molar-refractivity contribution in [3.63, 3.8) is 0 Å². The predicted octanol–water partition coefficient (Wildman–Crippen LogP) is 2.34. The lowest BCUT2D eigenvalue weighted by Crippen LogP contribution is -2.36. The van der Waals surface area contributed by atoms with E-state index in [0.29, 0.717) is 0 Å². The lowest BCUT2D eigenvalue weighted by molar-refractivity contribution is 0.113. The topological polar surface area (TPSA) is 20.2 Å². The molecule has 1 N–H and O–H groups in total. The third-order valence-corrected chi connectivity index (χ3v) is 3.86. The number of aliphatic hydroxyl groups is 1. The van der Waals surface area contributed by atoms with Gasteiger partial charge in [0, 0.05) is 8.07 Å². The zero-order valence-corrected chi connectivity index (χ0v) is 9.81. The van der Waals surface area contributed by atoms with E-state index in [1.165, 1.54) is 0 Å². The molecule has 2 heteroatoms. The standard InChI is InChI=1S/C10H20OSi/c1-7-9(11)10(2,3)8-12(4,5)6/h1,9,11H,8H2,2-6H3. The molecule has 12 heavy (non-hydrogen) atoms. The molecule has 0 aromatic rings. The van der Waals surface area contributed by atoms with E-state index in [-0.39, 0.29) is 5.41 Å². The summed E-state index contributed by atoms with van der Waals surface area (Å²) in [4.78, 5) is 0. The second-order valence-corrected chi connectivity index (χ2v) is 10.8. The Morgan fingerprint density at radius 3 is 2.08 bits per heavy atom. The molecule has 0 radical (unpaired) electrons. The first-order valence-corrected chi connectivity index (χ1v) is 8.04. The average Bonchev–Trinajstić information content (AvgIpc) is 1.80. The van der Waals surface area contributed by atoms with E-state index in [0.717, 1.165) is 6.04 Å². The van der Waals surface area contributed by atoms with E-state index >= 15 is 0 Å². The molecule has 0 aliphatic rings. The molecular weight excluding hydrogens is 164 g/mol. The van der Waals surface area contributed by atoms with Gasteiger partial charge in [-0.3, -0.25) is 0 Å². The van der Waals surface area contributed by atoms with Gasteiger partial charge in [0.2, 0.25) is 0 Å². The van der Waals surface area contributed by atoms with Crippen LogP contribution in [0.15, 0.2) is 0 Å². The van der Waals surface area contributed by atoms with Crippen LogP contribution in [0.3, 0.4) is 0 Å². The van der Waals surface area contributed by atoms with Crippen LogP contribution in [0.25, 0.3) is 0 Å². The summed E-state index contributed by atoms with van der Waals surface area (Å²) in [6.45, 7) is 10.9. The summed E-state index contributed by atoms with van der Waals surface area (Å²) in [7, 11) is -1.13. The maximum Gasteiger partial charge on any atom is 0.119 e. The summed E-state index contributed by atoms with van der Waals surface area (Å²) in [5.74, 6) is 2.41. The summed E-state index contributed by atoms with van der Waals surface area (Å²) < 4.78 is 0. The van der Waals surface area contributed by atoms with Crippen LogP contribution in [0.1, 0.15) is 13.8 Å². The third-order valence-electron chi connectivity index (χ3n) is 1.88. The molecule has 0 saturated carbocycles. The Bertz CT molecular complexity index is 183. The molecule has 0 rings (SSSR count). The van der Waals surface area contributed by atoms with Crippen molar-refractivity contribution in [2.75, 3.05) is 0 Å². The Kier molecular flexibility index (Phi) is 3.55. The Hall–Kier alpha value is -0.263. The van der Waals surface area contributed by atoms with Crippen molar-refractivity contribution in [1.29, 1.82) is 0 Å². The quantitative estimate of drug-likeness (QED) is 0.527. The van der Waals surface area contributed by atoms with Gasteiger partial charge in [-0.2, -0.15) is 0 Å². The molecule has 0 spiro atoms. The third kappa shape index (κ3) is 3.94. The van der Waals surface area contributed by atoms with Gasteiger partial charge in [-0.25, -0.2) is 0 Å². The van der Waals surface area contributed by atoms with Crippen molar-refractivity contribution in [1.82, 2.24) is 0 Å². The minimum Gasteiger partial charge on any atom is -0.380 e. The van der Waals surface area contributed by atoms with E-state index in [9.17, 15) is 5.11 Å². The van der Waals surface area contributed by atoms with Crippen LogP contribution < -0.4 is 0 Å². The molecule has 1 atom stereocenters. The van der Waals surface area contributed by atoms with E-state index in [2.05, 4.69) is 25.6 Å². The molecule has 0 bridgehead atoms. The van der Waals surface area contributed by atoms with E-state index in [4.69, 9.17) is 6.42 Å². The fourth-order valence-corrected chi connectivity index (χ4v) is 4.62. The van der Waals surface area contributed by atoms with Gasteiger partial charge in [0.1, 0.15) is 6.10 Å². The summed E-state index contributed by atoms with van der Waals surface area (Å²) in [6, 6.07) is 1.06. The zero-order chi connectivity index (χ0) is 9.99. The minimum atomic E-state index is -1.13. The number of rotatable bonds is 3. The van der Waals surface area contributed by atoms with Crippen molar-refractivity contribution in [3.8, 4) is 12.3 Å². The van der Waals surface area contributed by atoms with Gasteiger partial charge in [0.15, 0.2) is 0 Å². The van der Waals surface area contributed by atoms with Crippen LogP contribution >= 0.6 is 0 Å². The van der Waals surface area contributed by atoms with Crippen LogP contribution in [-0.2, 0) is 0 Å². The van der Waals surface area contributed by atoms with Gasteiger partial charge in [0.25, 0.3) is 0 Å². The second kappa shape index (κ2) is 3.63. The van der Waals surface area contributed by atoms with Crippen molar-refractivity contribution in [2.45, 2.75) is 45.6 Å². The second-order valence-electron chi connectivity index (χ2n) is 5.30. The van der Waals surface area contributed by atoms with Gasteiger partial charge < -0.3 is 5.11 Å². The predicted molar refractivity (Wildman–Crippen MR) is 56.8 cm³/mol. The summed E-state index contributed by atoms with van der Waals surface area (Å²) in [5.41, 5.74) is -0.126. The van der Waals surface area contributed by atoms with Gasteiger partial charge in [-0.05, 0) is 11.5 Å². The highest BCUT2D eigenvalue weighted by molar-refractivity contribution is 6.76. The summed E-state index contributed by atoms with van der Waals surface area (Å²) in [6.07, 6.45) is 4.59. The summed E-state index contributed by atoms with van der Waals surface area (Å²) >= 11 is 0. The van der Waals surface area contributed by atoms with E-state index < -0.39 is 14.2 Å². The fraction of sp³-hybridized carbons (Fsp3) is 0.800. The Labute approximate surface area is 77.2 Å². The largest absolute Gasteiger partial charge is 0.380 e. The van der Waals surface area contributed by atoms with Crippen molar-refractivity contribution in [2.24, 2.45) is 5.41 Å². The lowest BCUT2D eigenvalue weighted by atomic mass is 9.89. The smallest absolute Gasteiger partial charge is 0.119 e. The molecule has 0 aliphatic heterocycles.